The van der Waals surface area contributed by atoms with E-state index in [1.807, 2.05) is 0 Å². The molecule has 4 atom stereocenters. The Morgan fingerprint density at radius 3 is 1.36 bits per heavy atom. The first kappa shape index (κ1) is 25.5. The number of likely N-dealkylation sites (N-methyl/N-ethyl adjacent to an activating group) is 2. The molecule has 0 saturated carbocycles. The zero-order valence-corrected chi connectivity index (χ0v) is 21.1. The fourth-order valence-corrected chi connectivity index (χ4v) is 4.27. The van der Waals surface area contributed by atoms with Crippen LogP contribution in [0.5, 0.6) is 0 Å². The van der Waals surface area contributed by atoms with Gasteiger partial charge in [0, 0.05) is 27.2 Å². The molecule has 12 heteroatoms. The van der Waals surface area contributed by atoms with E-state index in [4.69, 9.17) is 11.5 Å². The second-order valence-electron chi connectivity index (χ2n) is 7.39. The SMILES string of the molecule is CN1C(=O)N2C[C@H]1CC[C@H]2C(N)=O.CN1C(=O)N2C[C@H]1CC[C@H]2C(N)=O.[Na+].[Na+]. The van der Waals surface area contributed by atoms with Crippen LogP contribution in [0.25, 0.3) is 0 Å². The summed E-state index contributed by atoms with van der Waals surface area (Å²) in [5, 5.41) is 0. The fraction of sp³-hybridized carbons (Fsp3) is 0.750. The maximum absolute atomic E-state index is 11.5. The van der Waals surface area contributed by atoms with Gasteiger partial charge in [-0.25, -0.2) is 9.59 Å². The first-order chi connectivity index (χ1) is 12.2. The maximum Gasteiger partial charge on any atom is 1.00 e. The molecule has 6 amide bonds. The molecular weight excluding hydrogens is 386 g/mol. The van der Waals surface area contributed by atoms with Crippen molar-refractivity contribution in [2.24, 2.45) is 11.5 Å². The summed E-state index contributed by atoms with van der Waals surface area (Å²) in [6.07, 6.45) is 3.17. The number of rotatable bonds is 2. The minimum Gasteiger partial charge on any atom is -0.368 e. The molecule has 28 heavy (non-hydrogen) atoms. The predicted octanol–water partition coefficient (Wildman–Crippen LogP) is -7.25. The Balaban J connectivity index is 0.000000261. The van der Waals surface area contributed by atoms with Crippen molar-refractivity contribution in [1.82, 2.24) is 19.6 Å². The summed E-state index contributed by atoms with van der Waals surface area (Å²) in [5.41, 5.74) is 10.4. The van der Waals surface area contributed by atoms with Crippen LogP contribution in [0, 0.1) is 0 Å². The molecule has 4 saturated heterocycles. The van der Waals surface area contributed by atoms with Crippen LogP contribution in [-0.2, 0) is 9.59 Å². The Morgan fingerprint density at radius 2 is 1.07 bits per heavy atom. The average molecular weight is 412 g/mol. The van der Waals surface area contributed by atoms with E-state index in [-0.39, 0.29) is 107 Å². The van der Waals surface area contributed by atoms with Gasteiger partial charge in [-0.05, 0) is 25.7 Å². The zero-order valence-electron chi connectivity index (χ0n) is 17.1. The standard InChI is InChI=1S/2C8H13N3O2.2Na/c2*1-10-5-2-3-6(7(9)12)11(4-5)8(10)13;;/h2*5-6H,2-4H2,1H3,(H2,9,12);;/q;;2*+1/t2*5-,6+;;/m11../s1. The van der Waals surface area contributed by atoms with Crippen molar-refractivity contribution in [3.05, 3.63) is 0 Å². The summed E-state index contributed by atoms with van der Waals surface area (Å²) in [6.45, 7) is 1.31. The molecule has 0 aromatic carbocycles. The van der Waals surface area contributed by atoms with E-state index in [0.29, 0.717) is 25.9 Å². The average Bonchev–Trinajstić information content (AvgIpc) is 2.96. The van der Waals surface area contributed by atoms with Crippen LogP contribution in [0.2, 0.25) is 0 Å². The van der Waals surface area contributed by atoms with Gasteiger partial charge in [0.15, 0.2) is 0 Å². The molecule has 10 nitrogen and oxygen atoms in total. The van der Waals surface area contributed by atoms with Crippen molar-refractivity contribution >= 4 is 23.9 Å². The van der Waals surface area contributed by atoms with E-state index in [1.165, 1.54) is 0 Å². The molecule has 4 bridgehead atoms. The van der Waals surface area contributed by atoms with Crippen molar-refractivity contribution in [2.45, 2.75) is 49.9 Å². The van der Waals surface area contributed by atoms with Gasteiger partial charge in [0.25, 0.3) is 0 Å². The minimum atomic E-state index is -0.387. The van der Waals surface area contributed by atoms with Gasteiger partial charge in [-0.15, -0.1) is 0 Å². The number of hydrogen-bond donors (Lipinski definition) is 2. The third-order valence-corrected chi connectivity index (χ3v) is 5.96. The Hall–Kier alpha value is -0.520. The molecule has 4 heterocycles. The molecule has 0 radical (unpaired) electrons. The Bertz CT molecular complexity index is 597. The van der Waals surface area contributed by atoms with Crippen LogP contribution in [0.4, 0.5) is 9.59 Å². The van der Waals surface area contributed by atoms with Crippen molar-refractivity contribution in [3.63, 3.8) is 0 Å². The predicted molar refractivity (Wildman–Crippen MR) is 91.7 cm³/mol. The number of carbonyl (C=O) groups excluding carboxylic acids is 4. The Morgan fingerprint density at radius 1 is 0.750 bits per heavy atom. The Kier molecular flexibility index (Phi) is 9.11. The number of amides is 6. The second-order valence-corrected chi connectivity index (χ2v) is 7.39. The molecule has 4 rings (SSSR count). The molecule has 0 aliphatic carbocycles. The van der Waals surface area contributed by atoms with Gasteiger partial charge in [0.2, 0.25) is 11.8 Å². The summed E-state index contributed by atoms with van der Waals surface area (Å²) < 4.78 is 0. The molecule has 0 aromatic rings. The van der Waals surface area contributed by atoms with Gasteiger partial charge in [0.1, 0.15) is 12.1 Å². The number of piperidine rings is 2. The first-order valence-electron chi connectivity index (χ1n) is 8.87. The molecule has 0 unspecified atom stereocenters. The van der Waals surface area contributed by atoms with E-state index in [0.717, 1.165) is 12.8 Å². The number of nitrogens with zero attached hydrogens (tertiary/aromatic N) is 4. The van der Waals surface area contributed by atoms with Crippen LogP contribution in [0.15, 0.2) is 0 Å². The molecule has 0 aromatic heterocycles. The number of urea groups is 2. The number of primary amides is 2. The molecule has 4 fully saturated rings. The number of nitrogens with two attached hydrogens (primary N) is 2. The number of hydrogen-bond acceptors (Lipinski definition) is 4. The topological polar surface area (TPSA) is 133 Å². The summed E-state index contributed by atoms with van der Waals surface area (Å²) in [6, 6.07) is -0.328. The third kappa shape index (κ3) is 4.62. The third-order valence-electron chi connectivity index (χ3n) is 5.96. The van der Waals surface area contributed by atoms with Gasteiger partial charge in [-0.3, -0.25) is 9.59 Å². The second kappa shape index (κ2) is 9.99. The van der Waals surface area contributed by atoms with Gasteiger partial charge >= 0.3 is 71.2 Å². The van der Waals surface area contributed by atoms with Crippen LogP contribution in [0.1, 0.15) is 25.7 Å². The normalized spacial score (nSPS) is 30.2. The van der Waals surface area contributed by atoms with Crippen molar-refractivity contribution in [3.8, 4) is 0 Å². The summed E-state index contributed by atoms with van der Waals surface area (Å²) in [7, 11) is 3.55. The van der Waals surface area contributed by atoms with Crippen molar-refractivity contribution in [1.29, 1.82) is 0 Å². The minimum absolute atomic E-state index is 0. The fourth-order valence-electron chi connectivity index (χ4n) is 4.27. The van der Waals surface area contributed by atoms with Gasteiger partial charge < -0.3 is 31.1 Å². The number of carbonyl (C=O) groups is 4. The van der Waals surface area contributed by atoms with E-state index in [9.17, 15) is 19.2 Å². The van der Waals surface area contributed by atoms with E-state index < -0.39 is 0 Å². The van der Waals surface area contributed by atoms with E-state index in [1.54, 1.807) is 33.7 Å². The zero-order chi connectivity index (χ0) is 19.2. The monoisotopic (exact) mass is 412 g/mol. The quantitative estimate of drug-likeness (QED) is 0.436. The molecule has 0 spiro atoms. The molecule has 4 aliphatic rings. The molecule has 4 N–H and O–H groups in total. The summed E-state index contributed by atoms with van der Waals surface area (Å²) >= 11 is 0. The van der Waals surface area contributed by atoms with E-state index >= 15 is 0 Å². The number of fused-ring (bicyclic) bond motifs is 4. The van der Waals surface area contributed by atoms with Crippen molar-refractivity contribution < 1.29 is 78.3 Å². The van der Waals surface area contributed by atoms with Crippen LogP contribution in [0.3, 0.4) is 0 Å². The summed E-state index contributed by atoms with van der Waals surface area (Å²) in [4.78, 5) is 51.7. The van der Waals surface area contributed by atoms with Crippen LogP contribution >= 0.6 is 0 Å². The molecular formula is C16H26N6Na2O4+2. The van der Waals surface area contributed by atoms with Crippen LogP contribution < -0.4 is 70.6 Å². The van der Waals surface area contributed by atoms with Crippen LogP contribution in [-0.4, -0.2) is 94.8 Å². The maximum atomic E-state index is 11.5. The Labute approximate surface area is 208 Å². The van der Waals surface area contributed by atoms with Gasteiger partial charge in [-0.2, -0.15) is 0 Å². The molecule has 4 aliphatic heterocycles. The largest absolute Gasteiger partial charge is 1.00 e. The molecule has 144 valence electrons. The smallest absolute Gasteiger partial charge is 0.368 e. The first-order valence-corrected chi connectivity index (χ1v) is 8.87. The van der Waals surface area contributed by atoms with E-state index in [2.05, 4.69) is 0 Å². The summed E-state index contributed by atoms with van der Waals surface area (Å²) in [5.74, 6) is -0.774. The van der Waals surface area contributed by atoms with Gasteiger partial charge in [0.05, 0.1) is 12.1 Å². The van der Waals surface area contributed by atoms with Gasteiger partial charge in [-0.1, -0.05) is 0 Å². The van der Waals surface area contributed by atoms with Crippen molar-refractivity contribution in [2.75, 3.05) is 27.2 Å².